The van der Waals surface area contributed by atoms with Gasteiger partial charge in [0.1, 0.15) is 12.2 Å². The highest BCUT2D eigenvalue weighted by Crippen LogP contribution is 2.77. The monoisotopic (exact) mass is 821 g/mol. The maximum atomic E-state index is 14.4. The van der Waals surface area contributed by atoms with Crippen molar-refractivity contribution in [2.24, 2.45) is 56.2 Å². The standard InChI is InChI=1S/C48H68ClNO8/c1-28(2)40-34(53)24-48(38(57-30(4)52)27-50(29(3)51)26-31-12-14-32(49)15-13-31)23-22-46(10)33(41(40)48)16-17-36-45(9)20-19-37(58-39(54)25-43(5,6)42(55)56)44(7,8)35(45)18-21-47(36,46)11/h12-15,28,33,35-38H,16-27H2,1-11H3,(H,55,56). The molecular formula is C48H68ClNO8. The summed E-state index contributed by atoms with van der Waals surface area (Å²) in [5.74, 6) is -1.02. The Labute approximate surface area is 351 Å². The zero-order valence-corrected chi connectivity index (χ0v) is 37.6. The summed E-state index contributed by atoms with van der Waals surface area (Å²) < 4.78 is 12.5. The van der Waals surface area contributed by atoms with E-state index in [0.717, 1.165) is 56.1 Å². The van der Waals surface area contributed by atoms with Crippen LogP contribution in [0, 0.1) is 56.2 Å². The quantitative estimate of drug-likeness (QED) is 0.219. The number of carbonyl (C=O) groups is 5. The Balaban J connectivity index is 1.33. The molecule has 1 aromatic carbocycles. The Morgan fingerprint density at radius 2 is 1.55 bits per heavy atom. The highest BCUT2D eigenvalue weighted by Gasteiger charge is 2.71. The van der Waals surface area contributed by atoms with E-state index in [4.69, 9.17) is 21.1 Å². The van der Waals surface area contributed by atoms with Crippen LogP contribution in [-0.4, -0.2) is 58.4 Å². The molecule has 1 amide bonds. The van der Waals surface area contributed by atoms with Gasteiger partial charge in [-0.15, -0.1) is 0 Å². The second-order valence-electron chi connectivity index (χ2n) is 21.2. The summed E-state index contributed by atoms with van der Waals surface area (Å²) in [6.45, 7) is 22.8. The van der Waals surface area contributed by atoms with E-state index in [2.05, 4.69) is 48.5 Å². The summed E-state index contributed by atoms with van der Waals surface area (Å²) in [5, 5.41) is 10.3. The van der Waals surface area contributed by atoms with E-state index < -0.39 is 34.8 Å². The summed E-state index contributed by atoms with van der Waals surface area (Å²) in [5.41, 5.74) is 0.629. The molecule has 9 unspecified atom stereocenters. The van der Waals surface area contributed by atoms with Crippen molar-refractivity contribution in [1.29, 1.82) is 0 Å². The van der Waals surface area contributed by atoms with Crippen molar-refractivity contribution in [1.82, 2.24) is 4.90 Å². The molecule has 9 atom stereocenters. The van der Waals surface area contributed by atoms with Crippen LogP contribution >= 0.6 is 11.6 Å². The number of amides is 1. The van der Waals surface area contributed by atoms with Crippen molar-refractivity contribution in [2.75, 3.05) is 6.54 Å². The SMILES string of the molecule is CC(=O)OC(CN(Cc1ccc(Cl)cc1)C(C)=O)C12CCC3(C)C(CCC4C5(C)CCC(OC(=O)CC(C)(C)C(=O)O)C(C)(C)C5CCC43C)C1=C(C(C)C)C(=O)C2. The molecule has 5 aliphatic carbocycles. The fourth-order valence-corrected chi connectivity index (χ4v) is 13.9. The van der Waals surface area contributed by atoms with Gasteiger partial charge in [-0.25, -0.2) is 0 Å². The van der Waals surface area contributed by atoms with Gasteiger partial charge in [0.2, 0.25) is 5.91 Å². The predicted molar refractivity (Wildman–Crippen MR) is 223 cm³/mol. The summed E-state index contributed by atoms with van der Waals surface area (Å²) in [7, 11) is 0. The van der Waals surface area contributed by atoms with Gasteiger partial charge in [0.25, 0.3) is 0 Å². The number of rotatable bonds is 11. The number of benzene rings is 1. The van der Waals surface area contributed by atoms with Gasteiger partial charge in [-0.1, -0.05) is 72.2 Å². The third-order valence-corrected chi connectivity index (χ3v) is 17.2. The Morgan fingerprint density at radius 1 is 0.897 bits per heavy atom. The number of allylic oxidation sites excluding steroid dienone is 1. The van der Waals surface area contributed by atoms with E-state index in [1.165, 1.54) is 12.5 Å². The Hall–Kier alpha value is -3.20. The van der Waals surface area contributed by atoms with Gasteiger partial charge in [-0.05, 0) is 134 Å². The number of halogens is 1. The van der Waals surface area contributed by atoms with Gasteiger partial charge in [0.05, 0.1) is 18.4 Å². The fraction of sp³-hybridized carbons (Fsp3) is 0.729. The van der Waals surface area contributed by atoms with Gasteiger partial charge in [0, 0.05) is 42.7 Å². The van der Waals surface area contributed by atoms with Crippen molar-refractivity contribution >= 4 is 41.2 Å². The van der Waals surface area contributed by atoms with Crippen molar-refractivity contribution in [3.63, 3.8) is 0 Å². The van der Waals surface area contributed by atoms with Crippen LogP contribution in [0.25, 0.3) is 0 Å². The molecule has 1 aromatic rings. The van der Waals surface area contributed by atoms with E-state index in [9.17, 15) is 29.1 Å². The molecule has 320 valence electrons. The van der Waals surface area contributed by atoms with E-state index >= 15 is 0 Å². The zero-order chi connectivity index (χ0) is 43.0. The van der Waals surface area contributed by atoms with Crippen LogP contribution in [0.5, 0.6) is 0 Å². The molecule has 0 spiro atoms. The lowest BCUT2D eigenvalue weighted by Gasteiger charge is -2.72. The Kier molecular flexibility index (Phi) is 11.8. The average Bonchev–Trinajstić information content (AvgIpc) is 3.42. The predicted octanol–water partition coefficient (Wildman–Crippen LogP) is 10.0. The first-order valence-corrected chi connectivity index (χ1v) is 22.1. The third-order valence-electron chi connectivity index (χ3n) is 16.9. The number of Topliss-reactive ketones (excluding diaryl/α,β-unsaturated/α-hetero) is 1. The lowest BCUT2D eigenvalue weighted by molar-refractivity contribution is -0.235. The van der Waals surface area contributed by atoms with Crippen LogP contribution < -0.4 is 0 Å². The van der Waals surface area contributed by atoms with Gasteiger partial charge < -0.3 is 19.5 Å². The minimum atomic E-state index is -1.19. The third kappa shape index (κ3) is 7.25. The smallest absolute Gasteiger partial charge is 0.309 e. The first kappa shape index (κ1) is 44.4. The van der Waals surface area contributed by atoms with Crippen molar-refractivity contribution < 1.29 is 38.6 Å². The maximum Gasteiger partial charge on any atom is 0.309 e. The van der Waals surface area contributed by atoms with Crippen LogP contribution in [0.4, 0.5) is 0 Å². The number of aliphatic carboxylic acids is 1. The van der Waals surface area contributed by atoms with E-state index in [1.54, 1.807) is 25.7 Å². The van der Waals surface area contributed by atoms with E-state index in [0.29, 0.717) is 29.8 Å². The summed E-state index contributed by atoms with van der Waals surface area (Å²) in [6.07, 6.45) is 6.32. The lowest BCUT2D eigenvalue weighted by atomic mass is 9.33. The van der Waals surface area contributed by atoms with Crippen LogP contribution in [0.2, 0.25) is 5.02 Å². The van der Waals surface area contributed by atoms with E-state index in [-0.39, 0.29) is 70.7 Å². The molecule has 9 nitrogen and oxygen atoms in total. The van der Waals surface area contributed by atoms with Gasteiger partial charge in [0.15, 0.2) is 5.78 Å². The van der Waals surface area contributed by atoms with Crippen LogP contribution in [0.1, 0.15) is 146 Å². The number of hydrogen-bond acceptors (Lipinski definition) is 7. The zero-order valence-electron chi connectivity index (χ0n) is 36.9. The Morgan fingerprint density at radius 3 is 2.14 bits per heavy atom. The largest absolute Gasteiger partial charge is 0.481 e. The number of carboxylic acid groups (broad SMARTS) is 1. The molecule has 6 rings (SSSR count). The molecule has 4 fully saturated rings. The van der Waals surface area contributed by atoms with Gasteiger partial charge in [-0.2, -0.15) is 0 Å². The number of carbonyl (C=O) groups excluding carboxylic acids is 4. The summed E-state index contributed by atoms with van der Waals surface area (Å²) in [6, 6.07) is 7.43. The molecule has 0 saturated heterocycles. The number of carboxylic acids is 1. The second-order valence-corrected chi connectivity index (χ2v) is 21.6. The molecule has 0 bridgehead atoms. The first-order chi connectivity index (χ1) is 26.8. The topological polar surface area (TPSA) is 127 Å². The fourth-order valence-electron chi connectivity index (χ4n) is 13.7. The molecule has 5 aliphatic rings. The molecule has 0 aromatic heterocycles. The second kappa shape index (κ2) is 15.4. The van der Waals surface area contributed by atoms with Gasteiger partial charge >= 0.3 is 17.9 Å². The number of ether oxygens (including phenoxy) is 2. The molecule has 10 heteroatoms. The van der Waals surface area contributed by atoms with Crippen molar-refractivity contribution in [3.05, 3.63) is 46.0 Å². The Bertz CT molecular complexity index is 1870. The molecule has 4 saturated carbocycles. The number of nitrogens with zero attached hydrogens (tertiary/aromatic N) is 1. The number of hydrogen-bond donors (Lipinski definition) is 1. The summed E-state index contributed by atoms with van der Waals surface area (Å²) in [4.78, 5) is 67.5. The van der Waals surface area contributed by atoms with Crippen LogP contribution in [0.15, 0.2) is 35.4 Å². The van der Waals surface area contributed by atoms with Crippen molar-refractivity contribution in [3.8, 4) is 0 Å². The van der Waals surface area contributed by atoms with Crippen LogP contribution in [0.3, 0.4) is 0 Å². The first-order valence-electron chi connectivity index (χ1n) is 21.7. The minimum Gasteiger partial charge on any atom is -0.481 e. The number of esters is 2. The average molecular weight is 823 g/mol. The number of ketones is 1. The normalized spacial score (nSPS) is 34.6. The van der Waals surface area contributed by atoms with Crippen molar-refractivity contribution in [2.45, 2.75) is 159 Å². The van der Waals surface area contributed by atoms with Crippen LogP contribution in [-0.2, 0) is 40.0 Å². The molecule has 1 N–H and O–H groups in total. The number of fused-ring (bicyclic) bond motifs is 7. The maximum absolute atomic E-state index is 14.4. The molecule has 0 aliphatic heterocycles. The molecule has 0 heterocycles. The highest BCUT2D eigenvalue weighted by molar-refractivity contribution is 6.30. The molecular weight excluding hydrogens is 754 g/mol. The molecule has 58 heavy (non-hydrogen) atoms. The highest BCUT2D eigenvalue weighted by atomic mass is 35.5. The summed E-state index contributed by atoms with van der Waals surface area (Å²) >= 11 is 6.18. The minimum absolute atomic E-state index is 0.00123. The molecule has 0 radical (unpaired) electrons. The van der Waals surface area contributed by atoms with Gasteiger partial charge in [-0.3, -0.25) is 24.0 Å². The van der Waals surface area contributed by atoms with E-state index in [1.807, 2.05) is 24.3 Å². The lowest BCUT2D eigenvalue weighted by Crippen LogP contribution is -2.66.